The molecule has 0 saturated heterocycles. The molecule has 0 amide bonds. The van der Waals surface area contributed by atoms with Crippen LogP contribution in [0.2, 0.25) is 0 Å². The second kappa shape index (κ2) is 20.9. The van der Waals surface area contributed by atoms with E-state index in [9.17, 15) is 18.0 Å². The van der Waals surface area contributed by atoms with Crippen LogP contribution in [0.1, 0.15) is 45.6 Å². The number of unbranched alkanes of at least 4 members (excludes halogenated alkanes) is 1. The maximum Gasteiger partial charge on any atom is 0.389 e. The summed E-state index contributed by atoms with van der Waals surface area (Å²) in [5.74, 6) is 1.04. The number of nitrogens with one attached hydrogen (secondary N) is 3. The first-order valence-corrected chi connectivity index (χ1v) is 11.6. The van der Waals surface area contributed by atoms with Crippen molar-refractivity contribution in [3.8, 4) is 0 Å². The quantitative estimate of drug-likeness (QED) is 0.0773. The van der Waals surface area contributed by atoms with Gasteiger partial charge in [-0.3, -0.25) is 4.79 Å². The monoisotopic (exact) mass is 533 g/mol. The molecular formula is C27H38F3N7O. The fourth-order valence-corrected chi connectivity index (χ4v) is 2.23. The van der Waals surface area contributed by atoms with E-state index in [2.05, 4.69) is 21.9 Å². The molecule has 0 heterocycles. The number of nitrogens with two attached hydrogens (primary N) is 2. The van der Waals surface area contributed by atoms with E-state index in [4.69, 9.17) is 22.3 Å². The van der Waals surface area contributed by atoms with E-state index in [1.54, 1.807) is 63.4 Å². The number of carbonyl (C=O) groups excluding carboxylic acids is 1. The third-order valence-corrected chi connectivity index (χ3v) is 4.35. The fraction of sp³-hybridized carbons (Fsp3) is 0.296. The van der Waals surface area contributed by atoms with E-state index in [1.807, 2.05) is 13.0 Å². The lowest BCUT2D eigenvalue weighted by Gasteiger charge is -2.02. The number of alkyl halides is 3. The highest BCUT2D eigenvalue weighted by atomic mass is 19.4. The van der Waals surface area contributed by atoms with Crippen LogP contribution >= 0.6 is 0 Å². The Hall–Kier alpha value is -4.28. The van der Waals surface area contributed by atoms with Crippen molar-refractivity contribution in [2.24, 2.45) is 15.7 Å². The van der Waals surface area contributed by atoms with Gasteiger partial charge < -0.3 is 27.6 Å². The summed E-state index contributed by atoms with van der Waals surface area (Å²) in [5.41, 5.74) is 14.5. The zero-order chi connectivity index (χ0) is 29.6. The van der Waals surface area contributed by atoms with E-state index in [1.165, 1.54) is 6.21 Å². The number of aldehydes is 1. The van der Waals surface area contributed by atoms with E-state index >= 15 is 0 Å². The van der Waals surface area contributed by atoms with Gasteiger partial charge in [0.05, 0.1) is 11.4 Å². The number of hydrogen-bond donors (Lipinski definition) is 5. The average Bonchev–Trinajstić information content (AvgIpc) is 2.90. The van der Waals surface area contributed by atoms with Crippen molar-refractivity contribution in [1.29, 1.82) is 10.8 Å². The van der Waals surface area contributed by atoms with Crippen LogP contribution in [0.15, 0.2) is 76.5 Å². The number of halogens is 3. The number of carbonyl (C=O) groups is 1. The van der Waals surface area contributed by atoms with E-state index in [0.717, 1.165) is 12.0 Å². The molecular weight excluding hydrogens is 495 g/mol. The SMILES string of the molecule is C/C=C(\C=N)C=O.C=CC(/C=C/C(N)=Nc1ccc(N)c(C=N)c1)=N\C(=C/C)NC.CCCCC(F)(F)F. The number of amidine groups is 1. The molecule has 0 radical (unpaired) electrons. The maximum absolute atomic E-state index is 11.2. The van der Waals surface area contributed by atoms with E-state index in [-0.39, 0.29) is 6.42 Å². The van der Waals surface area contributed by atoms with Crippen molar-refractivity contribution in [2.75, 3.05) is 12.8 Å². The Labute approximate surface area is 222 Å². The fourth-order valence-electron chi connectivity index (χ4n) is 2.23. The minimum absolute atomic E-state index is 0.253. The third-order valence-electron chi connectivity index (χ3n) is 4.35. The van der Waals surface area contributed by atoms with Crippen molar-refractivity contribution in [2.45, 2.75) is 46.2 Å². The van der Waals surface area contributed by atoms with Gasteiger partial charge in [0, 0.05) is 42.7 Å². The summed E-state index contributed by atoms with van der Waals surface area (Å²) < 4.78 is 33.7. The van der Waals surface area contributed by atoms with Crippen LogP contribution in [0.3, 0.4) is 0 Å². The van der Waals surface area contributed by atoms with Crippen LogP contribution in [0.4, 0.5) is 24.5 Å². The molecule has 0 aliphatic carbocycles. The Morgan fingerprint density at radius 1 is 1.18 bits per heavy atom. The molecule has 0 aromatic heterocycles. The minimum atomic E-state index is -3.95. The number of nitrogen functional groups attached to an aromatic ring is 1. The van der Waals surface area contributed by atoms with Crippen molar-refractivity contribution in [1.82, 2.24) is 5.32 Å². The van der Waals surface area contributed by atoms with Gasteiger partial charge in [-0.2, -0.15) is 13.2 Å². The Balaban J connectivity index is 0. The van der Waals surface area contributed by atoms with Crippen LogP contribution in [0.25, 0.3) is 0 Å². The van der Waals surface area contributed by atoms with Crippen molar-refractivity contribution in [3.63, 3.8) is 0 Å². The molecule has 0 aliphatic heterocycles. The van der Waals surface area contributed by atoms with E-state index in [0.29, 0.717) is 46.8 Å². The Kier molecular flexibility index (Phi) is 19.7. The molecule has 11 heteroatoms. The first-order chi connectivity index (χ1) is 17.9. The molecule has 0 bridgehead atoms. The van der Waals surface area contributed by atoms with E-state index < -0.39 is 12.6 Å². The summed E-state index contributed by atoms with van der Waals surface area (Å²) >= 11 is 0. The normalized spacial score (nSPS) is 12.5. The lowest BCUT2D eigenvalue weighted by molar-refractivity contribution is -0.135. The number of benzene rings is 1. The van der Waals surface area contributed by atoms with Crippen LogP contribution in [0.5, 0.6) is 0 Å². The first kappa shape index (κ1) is 35.9. The third kappa shape index (κ3) is 18.1. The highest BCUT2D eigenvalue weighted by molar-refractivity contribution is 6.08. The summed E-state index contributed by atoms with van der Waals surface area (Å²) in [4.78, 5) is 18.4. The molecule has 1 aromatic rings. The summed E-state index contributed by atoms with van der Waals surface area (Å²) in [6.45, 7) is 9.07. The first-order valence-electron chi connectivity index (χ1n) is 11.6. The molecule has 1 rings (SSSR count). The summed E-state index contributed by atoms with van der Waals surface area (Å²) in [6.07, 6.45) is 7.55. The van der Waals surface area contributed by atoms with Gasteiger partial charge in [-0.05, 0) is 62.8 Å². The molecule has 0 aliphatic rings. The van der Waals surface area contributed by atoms with Crippen LogP contribution in [-0.2, 0) is 4.79 Å². The number of anilines is 1. The van der Waals surface area contributed by atoms with Gasteiger partial charge in [0.2, 0.25) is 0 Å². The Bertz CT molecular complexity index is 1040. The molecule has 0 fully saturated rings. The van der Waals surface area contributed by atoms with Crippen LogP contribution in [0, 0.1) is 10.8 Å². The lowest BCUT2D eigenvalue weighted by atomic mass is 10.2. The molecule has 0 spiro atoms. The second-order valence-electron chi connectivity index (χ2n) is 7.26. The average molecular weight is 534 g/mol. The van der Waals surface area contributed by atoms with Gasteiger partial charge in [-0.25, -0.2) is 9.98 Å². The standard InChI is InChI=1S/C17H22N6.C5H9F3.C5H7NO/c1-4-13(23-17(5-2)21-3)7-9-16(20)22-14-6-8-15(19)12(10-14)11-18;1-2-3-4-5(6,7)8;1-2-5(3-6)4-7/h4-11,18,21H,1,19H2,2-3H3,(H2,20,22);2-4H2,1H3;2-4,6H,1H3/b9-7+,17-5-,18-11?,23-13+;;5-2+,6-3?. The molecule has 208 valence electrons. The topological polar surface area (TPSA) is 154 Å². The molecule has 7 N–H and O–H groups in total. The molecule has 0 atom stereocenters. The van der Waals surface area contributed by atoms with Crippen LogP contribution in [-0.4, -0.2) is 43.5 Å². The van der Waals surface area contributed by atoms with Crippen molar-refractivity contribution < 1.29 is 18.0 Å². The van der Waals surface area contributed by atoms with Crippen LogP contribution < -0.4 is 16.8 Å². The maximum atomic E-state index is 11.2. The molecule has 38 heavy (non-hydrogen) atoms. The number of hydrogen-bond acceptors (Lipinski definition) is 7. The van der Waals surface area contributed by atoms with Gasteiger partial charge in [-0.1, -0.05) is 26.0 Å². The lowest BCUT2D eigenvalue weighted by Crippen LogP contribution is -2.09. The molecule has 0 unspecified atom stereocenters. The second-order valence-corrected chi connectivity index (χ2v) is 7.26. The summed E-state index contributed by atoms with van der Waals surface area (Å²) in [6, 6.07) is 5.13. The Morgan fingerprint density at radius 3 is 2.21 bits per heavy atom. The van der Waals surface area contributed by atoms with Gasteiger partial charge in [0.15, 0.2) is 6.29 Å². The predicted octanol–water partition coefficient (Wildman–Crippen LogP) is 6.04. The Morgan fingerprint density at radius 2 is 1.84 bits per heavy atom. The summed E-state index contributed by atoms with van der Waals surface area (Å²) in [5, 5.41) is 16.8. The predicted molar refractivity (Wildman–Crippen MR) is 154 cm³/mol. The molecule has 0 saturated carbocycles. The van der Waals surface area contributed by atoms with Gasteiger partial charge in [-0.15, -0.1) is 0 Å². The number of rotatable bonds is 11. The van der Waals surface area contributed by atoms with Gasteiger partial charge in [0.25, 0.3) is 0 Å². The number of allylic oxidation sites excluding steroid dienone is 5. The minimum Gasteiger partial charge on any atom is -0.398 e. The zero-order valence-electron chi connectivity index (χ0n) is 22.3. The number of nitrogens with zero attached hydrogens (tertiary/aromatic N) is 2. The van der Waals surface area contributed by atoms with Gasteiger partial charge in [0.1, 0.15) is 11.7 Å². The largest absolute Gasteiger partial charge is 0.398 e. The molecule has 8 nitrogen and oxygen atoms in total. The smallest absolute Gasteiger partial charge is 0.389 e. The van der Waals surface area contributed by atoms with Crippen molar-refractivity contribution in [3.05, 3.63) is 72.1 Å². The highest BCUT2D eigenvalue weighted by Crippen LogP contribution is 2.21. The number of aliphatic imine (C=N–C) groups is 2. The van der Waals surface area contributed by atoms with Gasteiger partial charge >= 0.3 is 6.18 Å². The highest BCUT2D eigenvalue weighted by Gasteiger charge is 2.25. The zero-order valence-corrected chi connectivity index (χ0v) is 22.3. The molecule has 1 aromatic carbocycles. The summed E-state index contributed by atoms with van der Waals surface area (Å²) in [7, 11) is 1.79. The van der Waals surface area contributed by atoms with Crippen molar-refractivity contribution >= 4 is 41.6 Å².